The summed E-state index contributed by atoms with van der Waals surface area (Å²) in [6, 6.07) is -0.999. The van der Waals surface area contributed by atoms with Crippen molar-refractivity contribution in [2.75, 3.05) is 7.05 Å². The molecule has 118 valence electrons. The molecule has 0 aromatic rings. The SMILES string of the molecule is C[C@@H](C(=O)ON1C(=O)CCC1=O)N(C)C(=O)OC(C)(C)C. The molecule has 0 aliphatic carbocycles. The van der Waals surface area contributed by atoms with Crippen LogP contribution in [-0.4, -0.2) is 52.5 Å². The zero-order chi connectivity index (χ0) is 16.4. The second kappa shape index (κ2) is 6.11. The number of nitrogens with zero attached hydrogens (tertiary/aromatic N) is 2. The number of amides is 3. The van der Waals surface area contributed by atoms with Crippen LogP contribution in [0.25, 0.3) is 0 Å². The quantitative estimate of drug-likeness (QED) is 0.717. The summed E-state index contributed by atoms with van der Waals surface area (Å²) >= 11 is 0. The average molecular weight is 300 g/mol. The number of imide groups is 1. The first-order chi connectivity index (χ1) is 9.53. The number of carbonyl (C=O) groups is 4. The predicted octanol–water partition coefficient (Wildman–Crippen LogP) is 0.849. The summed E-state index contributed by atoms with van der Waals surface area (Å²) in [4.78, 5) is 52.2. The lowest BCUT2D eigenvalue weighted by molar-refractivity contribution is -0.200. The van der Waals surface area contributed by atoms with Crippen LogP contribution in [0.4, 0.5) is 4.79 Å². The smallest absolute Gasteiger partial charge is 0.410 e. The summed E-state index contributed by atoms with van der Waals surface area (Å²) in [5, 5.41) is 0.446. The highest BCUT2D eigenvalue weighted by Crippen LogP contribution is 2.15. The predicted molar refractivity (Wildman–Crippen MR) is 70.6 cm³/mol. The van der Waals surface area contributed by atoms with Crippen LogP contribution in [0.3, 0.4) is 0 Å². The Bertz CT molecular complexity index is 452. The maximum absolute atomic E-state index is 11.9. The van der Waals surface area contributed by atoms with E-state index in [1.165, 1.54) is 14.0 Å². The van der Waals surface area contributed by atoms with Crippen LogP contribution in [0, 0.1) is 0 Å². The molecular weight excluding hydrogens is 280 g/mol. The van der Waals surface area contributed by atoms with Crippen LogP contribution in [0.5, 0.6) is 0 Å². The van der Waals surface area contributed by atoms with Gasteiger partial charge in [0.2, 0.25) is 0 Å². The minimum atomic E-state index is -0.999. The summed E-state index contributed by atoms with van der Waals surface area (Å²) in [6.07, 6.45) is -0.670. The van der Waals surface area contributed by atoms with Crippen molar-refractivity contribution in [1.82, 2.24) is 9.96 Å². The highest BCUT2D eigenvalue weighted by Gasteiger charge is 2.36. The molecule has 1 rings (SSSR count). The minimum absolute atomic E-state index is 0.0163. The molecule has 0 N–H and O–H groups in total. The van der Waals surface area contributed by atoms with Crippen molar-refractivity contribution in [3.05, 3.63) is 0 Å². The summed E-state index contributed by atoms with van der Waals surface area (Å²) in [6.45, 7) is 6.51. The Labute approximate surface area is 122 Å². The molecule has 1 aliphatic rings. The molecule has 8 heteroatoms. The molecule has 1 atom stereocenters. The van der Waals surface area contributed by atoms with E-state index in [-0.39, 0.29) is 12.8 Å². The van der Waals surface area contributed by atoms with E-state index in [0.717, 1.165) is 4.90 Å². The fourth-order valence-corrected chi connectivity index (χ4v) is 1.47. The number of carbonyl (C=O) groups excluding carboxylic acids is 4. The molecule has 0 aromatic carbocycles. The normalized spacial score (nSPS) is 16.7. The van der Waals surface area contributed by atoms with E-state index in [1.54, 1.807) is 20.8 Å². The fraction of sp³-hybridized carbons (Fsp3) is 0.692. The van der Waals surface area contributed by atoms with Gasteiger partial charge in [-0.1, -0.05) is 0 Å². The zero-order valence-electron chi connectivity index (χ0n) is 12.8. The van der Waals surface area contributed by atoms with E-state index < -0.39 is 35.5 Å². The largest absolute Gasteiger partial charge is 0.444 e. The summed E-state index contributed by atoms with van der Waals surface area (Å²) < 4.78 is 5.11. The van der Waals surface area contributed by atoms with Gasteiger partial charge >= 0.3 is 12.1 Å². The third kappa shape index (κ3) is 4.44. The molecule has 1 saturated heterocycles. The van der Waals surface area contributed by atoms with E-state index in [2.05, 4.69) is 0 Å². The number of likely N-dealkylation sites (N-methyl/N-ethyl adjacent to an activating group) is 1. The standard InChI is InChI=1S/C13H20N2O6/c1-8(14(5)12(19)20-13(2,3)4)11(18)21-15-9(16)6-7-10(15)17/h8H,6-7H2,1-5H3/t8-/m0/s1. The van der Waals surface area contributed by atoms with E-state index in [9.17, 15) is 19.2 Å². The molecule has 1 fully saturated rings. The van der Waals surface area contributed by atoms with Crippen molar-refractivity contribution >= 4 is 23.9 Å². The Morgan fingerprint density at radius 3 is 2.10 bits per heavy atom. The molecule has 1 aliphatic heterocycles. The van der Waals surface area contributed by atoms with E-state index in [1.807, 2.05) is 0 Å². The molecule has 0 radical (unpaired) electrons. The van der Waals surface area contributed by atoms with Crippen molar-refractivity contribution in [3.63, 3.8) is 0 Å². The van der Waals surface area contributed by atoms with Crippen LogP contribution < -0.4 is 0 Å². The van der Waals surface area contributed by atoms with Crippen LogP contribution >= 0.6 is 0 Å². The van der Waals surface area contributed by atoms with Crippen LogP contribution in [0.2, 0.25) is 0 Å². The zero-order valence-corrected chi connectivity index (χ0v) is 12.8. The maximum Gasteiger partial charge on any atom is 0.410 e. The van der Waals surface area contributed by atoms with Crippen molar-refractivity contribution in [3.8, 4) is 0 Å². The van der Waals surface area contributed by atoms with Gasteiger partial charge in [0, 0.05) is 19.9 Å². The first-order valence-electron chi connectivity index (χ1n) is 6.56. The van der Waals surface area contributed by atoms with Gasteiger partial charge in [-0.2, -0.15) is 0 Å². The third-order valence-electron chi connectivity index (χ3n) is 2.79. The van der Waals surface area contributed by atoms with Gasteiger partial charge in [0.1, 0.15) is 11.6 Å². The van der Waals surface area contributed by atoms with Gasteiger partial charge in [-0.15, -0.1) is 5.06 Å². The van der Waals surface area contributed by atoms with Crippen molar-refractivity contribution in [2.45, 2.75) is 52.2 Å². The lowest BCUT2D eigenvalue weighted by Crippen LogP contribution is -2.46. The second-order valence-electron chi connectivity index (χ2n) is 5.76. The molecule has 1 heterocycles. The Morgan fingerprint density at radius 1 is 1.19 bits per heavy atom. The Kier molecular flexibility index (Phi) is 4.93. The van der Waals surface area contributed by atoms with E-state index >= 15 is 0 Å². The number of hydrogen-bond acceptors (Lipinski definition) is 6. The first-order valence-corrected chi connectivity index (χ1v) is 6.56. The van der Waals surface area contributed by atoms with Crippen molar-refractivity contribution < 1.29 is 28.8 Å². The van der Waals surface area contributed by atoms with Gasteiger partial charge in [0.25, 0.3) is 11.8 Å². The summed E-state index contributed by atoms with van der Waals surface area (Å²) in [7, 11) is 1.37. The monoisotopic (exact) mass is 300 g/mol. The van der Waals surface area contributed by atoms with Crippen molar-refractivity contribution in [1.29, 1.82) is 0 Å². The van der Waals surface area contributed by atoms with Crippen LogP contribution in [-0.2, 0) is 24.0 Å². The lowest BCUT2D eigenvalue weighted by atomic mass is 10.2. The summed E-state index contributed by atoms with van der Waals surface area (Å²) in [5.41, 5.74) is -0.699. The van der Waals surface area contributed by atoms with Gasteiger partial charge in [-0.05, 0) is 27.7 Å². The van der Waals surface area contributed by atoms with Crippen LogP contribution in [0.15, 0.2) is 0 Å². The Hall–Kier alpha value is -2.12. The van der Waals surface area contributed by atoms with Gasteiger partial charge in [0.15, 0.2) is 0 Å². The van der Waals surface area contributed by atoms with Gasteiger partial charge in [-0.25, -0.2) is 9.59 Å². The molecule has 0 bridgehead atoms. The number of hydroxylamine groups is 2. The number of rotatable bonds is 3. The lowest BCUT2D eigenvalue weighted by Gasteiger charge is -2.28. The minimum Gasteiger partial charge on any atom is -0.444 e. The summed E-state index contributed by atoms with van der Waals surface area (Å²) in [5.74, 6) is -2.02. The molecule has 0 unspecified atom stereocenters. The molecule has 0 spiro atoms. The van der Waals surface area contributed by atoms with E-state index in [4.69, 9.17) is 9.57 Å². The fourth-order valence-electron chi connectivity index (χ4n) is 1.47. The third-order valence-corrected chi connectivity index (χ3v) is 2.79. The number of ether oxygens (including phenoxy) is 1. The highest BCUT2D eigenvalue weighted by atomic mass is 16.7. The van der Waals surface area contributed by atoms with Gasteiger partial charge in [-0.3, -0.25) is 14.5 Å². The first kappa shape index (κ1) is 16.9. The topological polar surface area (TPSA) is 93.2 Å². The molecule has 3 amide bonds. The van der Waals surface area contributed by atoms with Crippen molar-refractivity contribution in [2.24, 2.45) is 0 Å². The molecule has 8 nitrogen and oxygen atoms in total. The average Bonchev–Trinajstić information content (AvgIpc) is 2.66. The molecule has 0 saturated carbocycles. The highest BCUT2D eigenvalue weighted by molar-refractivity contribution is 6.01. The molecular formula is C13H20N2O6. The molecule has 21 heavy (non-hydrogen) atoms. The Balaban J connectivity index is 2.63. The maximum atomic E-state index is 11.9. The Morgan fingerprint density at radius 2 is 1.67 bits per heavy atom. The van der Waals surface area contributed by atoms with Gasteiger partial charge < -0.3 is 9.57 Å². The van der Waals surface area contributed by atoms with E-state index in [0.29, 0.717) is 5.06 Å². The van der Waals surface area contributed by atoms with Crippen LogP contribution in [0.1, 0.15) is 40.5 Å². The molecule has 0 aromatic heterocycles. The number of hydrogen-bond donors (Lipinski definition) is 0. The van der Waals surface area contributed by atoms with Gasteiger partial charge in [0.05, 0.1) is 0 Å². The second-order valence-corrected chi connectivity index (χ2v) is 5.76.